The second-order valence-corrected chi connectivity index (χ2v) is 5.84. The molecule has 0 aliphatic carbocycles. The van der Waals surface area contributed by atoms with Crippen molar-refractivity contribution in [2.75, 3.05) is 26.3 Å². The van der Waals surface area contributed by atoms with Gasteiger partial charge in [-0.25, -0.2) is 0 Å². The van der Waals surface area contributed by atoms with E-state index in [1.54, 1.807) is 5.57 Å². The molecule has 0 spiro atoms. The molecule has 1 N–H and O–H groups in total. The summed E-state index contributed by atoms with van der Waals surface area (Å²) in [6.45, 7) is 8.22. The molecule has 1 unspecified atom stereocenters. The van der Waals surface area contributed by atoms with E-state index in [4.69, 9.17) is 9.47 Å². The molecule has 104 valence electrons. The summed E-state index contributed by atoms with van der Waals surface area (Å²) in [7, 11) is 0. The summed E-state index contributed by atoms with van der Waals surface area (Å²) in [5.41, 5.74) is 1.54. The van der Waals surface area contributed by atoms with Gasteiger partial charge >= 0.3 is 0 Å². The van der Waals surface area contributed by atoms with Crippen molar-refractivity contribution in [2.45, 2.75) is 51.7 Å². The summed E-state index contributed by atoms with van der Waals surface area (Å²) in [5.74, 6) is 0.553. The molecule has 0 saturated carbocycles. The minimum Gasteiger partial charge on any atom is -0.348 e. The van der Waals surface area contributed by atoms with Gasteiger partial charge in [0.05, 0.1) is 13.2 Å². The summed E-state index contributed by atoms with van der Waals surface area (Å²) < 4.78 is 11.2. The Labute approximate surface area is 111 Å². The van der Waals surface area contributed by atoms with Crippen molar-refractivity contribution in [1.82, 2.24) is 5.32 Å². The highest BCUT2D eigenvalue weighted by atomic mass is 16.7. The maximum absolute atomic E-state index is 5.60. The highest BCUT2D eigenvalue weighted by Gasteiger charge is 2.29. The standard InChI is InChI=1S/C15H27NO2/c1-13(11-14-6-8-16-12-14)5-3-4-7-15(2)17-9-10-18-15/h5,14,16H,3-4,6-12H2,1-2H3/b13-5+. The molecule has 2 aliphatic rings. The van der Waals surface area contributed by atoms with E-state index < -0.39 is 0 Å². The fourth-order valence-corrected chi connectivity index (χ4v) is 2.90. The summed E-state index contributed by atoms with van der Waals surface area (Å²) in [6, 6.07) is 0. The van der Waals surface area contributed by atoms with Crippen LogP contribution in [0.1, 0.15) is 46.0 Å². The Balaban J connectivity index is 1.61. The first-order valence-electron chi connectivity index (χ1n) is 7.32. The van der Waals surface area contributed by atoms with Gasteiger partial charge < -0.3 is 14.8 Å². The molecular weight excluding hydrogens is 226 g/mol. The van der Waals surface area contributed by atoms with Crippen LogP contribution in [0, 0.1) is 5.92 Å². The Morgan fingerprint density at radius 2 is 2.17 bits per heavy atom. The summed E-state index contributed by atoms with van der Waals surface area (Å²) in [5, 5.41) is 3.43. The van der Waals surface area contributed by atoms with Crippen LogP contribution in [0.15, 0.2) is 11.6 Å². The molecule has 2 rings (SSSR count). The van der Waals surface area contributed by atoms with E-state index in [0.717, 1.165) is 38.4 Å². The van der Waals surface area contributed by atoms with Crippen molar-refractivity contribution in [3.05, 3.63) is 11.6 Å². The van der Waals surface area contributed by atoms with Crippen LogP contribution in [0.25, 0.3) is 0 Å². The van der Waals surface area contributed by atoms with Gasteiger partial charge in [0.15, 0.2) is 5.79 Å². The number of rotatable bonds is 6. The number of hydrogen-bond acceptors (Lipinski definition) is 3. The Kier molecular flexibility index (Phi) is 5.22. The highest BCUT2D eigenvalue weighted by molar-refractivity contribution is 5.00. The lowest BCUT2D eigenvalue weighted by atomic mass is 9.98. The summed E-state index contributed by atoms with van der Waals surface area (Å²) in [4.78, 5) is 0. The molecule has 18 heavy (non-hydrogen) atoms. The lowest BCUT2D eigenvalue weighted by molar-refractivity contribution is -0.147. The Hall–Kier alpha value is -0.380. The average molecular weight is 253 g/mol. The predicted octanol–water partition coefficient (Wildman–Crippen LogP) is 2.87. The summed E-state index contributed by atoms with van der Waals surface area (Å²) >= 11 is 0. The second-order valence-electron chi connectivity index (χ2n) is 5.84. The van der Waals surface area contributed by atoms with Gasteiger partial charge in [-0.15, -0.1) is 0 Å². The van der Waals surface area contributed by atoms with Gasteiger partial charge in [-0.2, -0.15) is 0 Å². The van der Waals surface area contributed by atoms with Crippen molar-refractivity contribution in [2.24, 2.45) is 5.92 Å². The van der Waals surface area contributed by atoms with E-state index in [-0.39, 0.29) is 5.79 Å². The van der Waals surface area contributed by atoms with Crippen molar-refractivity contribution < 1.29 is 9.47 Å². The van der Waals surface area contributed by atoms with Crippen molar-refractivity contribution in [3.63, 3.8) is 0 Å². The molecule has 2 heterocycles. The van der Waals surface area contributed by atoms with Crippen molar-refractivity contribution in [3.8, 4) is 0 Å². The molecule has 0 aromatic heterocycles. The average Bonchev–Trinajstić information content (AvgIpc) is 2.97. The van der Waals surface area contributed by atoms with Crippen LogP contribution in [-0.4, -0.2) is 32.1 Å². The van der Waals surface area contributed by atoms with Crippen LogP contribution in [0.2, 0.25) is 0 Å². The second kappa shape index (κ2) is 6.69. The Bertz CT molecular complexity index is 276. The fraction of sp³-hybridized carbons (Fsp3) is 0.867. The van der Waals surface area contributed by atoms with Crippen molar-refractivity contribution >= 4 is 0 Å². The van der Waals surface area contributed by atoms with E-state index >= 15 is 0 Å². The molecular formula is C15H27NO2. The van der Waals surface area contributed by atoms with E-state index in [9.17, 15) is 0 Å². The number of allylic oxidation sites excluding steroid dienone is 2. The normalized spacial score (nSPS) is 27.9. The number of nitrogens with one attached hydrogen (secondary N) is 1. The van der Waals surface area contributed by atoms with Gasteiger partial charge in [-0.1, -0.05) is 11.6 Å². The van der Waals surface area contributed by atoms with Gasteiger partial charge in [0.2, 0.25) is 0 Å². The molecule has 2 saturated heterocycles. The molecule has 0 bridgehead atoms. The molecule has 0 radical (unpaired) electrons. The van der Waals surface area contributed by atoms with Gasteiger partial charge in [0.25, 0.3) is 0 Å². The Morgan fingerprint density at radius 1 is 1.39 bits per heavy atom. The Morgan fingerprint density at radius 3 is 2.83 bits per heavy atom. The summed E-state index contributed by atoms with van der Waals surface area (Å²) in [6.07, 6.45) is 8.30. The smallest absolute Gasteiger partial charge is 0.165 e. The topological polar surface area (TPSA) is 30.5 Å². The minimum atomic E-state index is -0.308. The SMILES string of the molecule is C/C(=C\CCCC1(C)OCCO1)CC1CCNC1. The van der Waals surface area contributed by atoms with Gasteiger partial charge in [0, 0.05) is 6.42 Å². The van der Waals surface area contributed by atoms with Gasteiger partial charge in [-0.3, -0.25) is 0 Å². The van der Waals surface area contributed by atoms with E-state index in [1.165, 1.54) is 25.9 Å². The molecule has 2 fully saturated rings. The first-order chi connectivity index (χ1) is 8.68. The first kappa shape index (κ1) is 14.0. The third kappa shape index (κ3) is 4.38. The molecule has 0 aromatic rings. The first-order valence-corrected chi connectivity index (χ1v) is 7.32. The van der Waals surface area contributed by atoms with Crippen LogP contribution in [0.3, 0.4) is 0 Å². The van der Waals surface area contributed by atoms with Crippen LogP contribution in [0.4, 0.5) is 0 Å². The number of ether oxygens (including phenoxy) is 2. The third-order valence-electron chi connectivity index (χ3n) is 4.00. The lowest BCUT2D eigenvalue weighted by Crippen LogP contribution is -2.24. The largest absolute Gasteiger partial charge is 0.348 e. The highest BCUT2D eigenvalue weighted by Crippen LogP contribution is 2.25. The van der Waals surface area contributed by atoms with Crippen LogP contribution < -0.4 is 5.32 Å². The maximum atomic E-state index is 5.60. The molecule has 2 aliphatic heterocycles. The minimum absolute atomic E-state index is 0.308. The lowest BCUT2D eigenvalue weighted by Gasteiger charge is -2.21. The zero-order valence-electron chi connectivity index (χ0n) is 11.8. The van der Waals surface area contributed by atoms with Crippen LogP contribution in [0.5, 0.6) is 0 Å². The predicted molar refractivity (Wildman–Crippen MR) is 73.5 cm³/mol. The quantitative estimate of drug-likeness (QED) is 0.583. The van der Waals surface area contributed by atoms with Gasteiger partial charge in [0.1, 0.15) is 0 Å². The zero-order chi connectivity index (χ0) is 12.8. The number of unbranched alkanes of at least 4 members (excludes halogenated alkanes) is 1. The van der Waals surface area contributed by atoms with Crippen molar-refractivity contribution in [1.29, 1.82) is 0 Å². The maximum Gasteiger partial charge on any atom is 0.165 e. The zero-order valence-corrected chi connectivity index (χ0v) is 11.8. The van der Waals surface area contributed by atoms with E-state index in [0.29, 0.717) is 0 Å². The fourth-order valence-electron chi connectivity index (χ4n) is 2.90. The van der Waals surface area contributed by atoms with Crippen LogP contribution >= 0.6 is 0 Å². The van der Waals surface area contributed by atoms with Crippen LogP contribution in [-0.2, 0) is 9.47 Å². The molecule has 3 nitrogen and oxygen atoms in total. The monoisotopic (exact) mass is 253 g/mol. The molecule has 0 aromatic carbocycles. The van der Waals surface area contributed by atoms with Gasteiger partial charge in [-0.05, 0) is 58.5 Å². The molecule has 1 atom stereocenters. The molecule has 0 amide bonds. The van der Waals surface area contributed by atoms with E-state index in [2.05, 4.69) is 25.2 Å². The number of hydrogen-bond donors (Lipinski definition) is 1. The molecule has 3 heteroatoms. The third-order valence-corrected chi connectivity index (χ3v) is 4.00. The van der Waals surface area contributed by atoms with E-state index in [1.807, 2.05) is 0 Å².